The van der Waals surface area contributed by atoms with Gasteiger partial charge in [-0.05, 0) is 31.0 Å². The molecule has 0 aliphatic heterocycles. The van der Waals surface area contributed by atoms with Crippen LogP contribution in [0, 0.1) is 11.8 Å². The Bertz CT molecular complexity index is 642. The average Bonchev–Trinajstić information content (AvgIpc) is 2.57. The third-order valence-electron chi connectivity index (χ3n) is 3.63. The zero-order valence-corrected chi connectivity index (χ0v) is 15.0. The highest BCUT2D eigenvalue weighted by Gasteiger charge is 2.38. The van der Waals surface area contributed by atoms with E-state index in [9.17, 15) is 23.1 Å². The van der Waals surface area contributed by atoms with Crippen LogP contribution < -0.4 is 10.6 Å². The molecule has 0 heterocycles. The van der Waals surface area contributed by atoms with E-state index in [4.69, 9.17) is 0 Å². The van der Waals surface area contributed by atoms with Crippen molar-refractivity contribution in [2.75, 3.05) is 18.4 Å². The second kappa shape index (κ2) is 10.1. The molecule has 3 N–H and O–H groups in total. The van der Waals surface area contributed by atoms with Crippen LogP contribution in [0.15, 0.2) is 24.3 Å². The molecule has 26 heavy (non-hydrogen) atoms. The molecule has 1 aromatic rings. The predicted molar refractivity (Wildman–Crippen MR) is 95.6 cm³/mol. The smallest absolute Gasteiger partial charge is 0.383 e. The van der Waals surface area contributed by atoms with Crippen molar-refractivity contribution in [2.45, 2.75) is 51.3 Å². The van der Waals surface area contributed by atoms with Crippen molar-refractivity contribution < 1.29 is 23.1 Å². The summed E-state index contributed by atoms with van der Waals surface area (Å²) in [5.74, 6) is 3.95. The van der Waals surface area contributed by atoms with E-state index in [0.717, 1.165) is 12.8 Å². The fourth-order valence-electron chi connectivity index (χ4n) is 2.46. The minimum Gasteiger partial charge on any atom is -0.383 e. The van der Waals surface area contributed by atoms with Crippen LogP contribution in [-0.2, 0) is 4.79 Å². The Hall–Kier alpha value is -2.20. The fourth-order valence-corrected chi connectivity index (χ4v) is 2.46. The van der Waals surface area contributed by atoms with Crippen molar-refractivity contribution in [3.8, 4) is 11.8 Å². The van der Waals surface area contributed by atoms with E-state index in [1.54, 1.807) is 29.6 Å². The maximum atomic E-state index is 12.1. The van der Waals surface area contributed by atoms with Gasteiger partial charge in [-0.2, -0.15) is 13.2 Å². The molecule has 0 aliphatic carbocycles. The van der Waals surface area contributed by atoms with Crippen molar-refractivity contribution in [1.82, 2.24) is 5.32 Å². The quantitative estimate of drug-likeness (QED) is 0.485. The van der Waals surface area contributed by atoms with E-state index in [-0.39, 0.29) is 13.1 Å². The first kappa shape index (κ1) is 21.8. The Balaban J connectivity index is 2.63. The maximum absolute atomic E-state index is 12.1. The minimum absolute atomic E-state index is 0.147. The molecule has 0 aliphatic rings. The Morgan fingerprint density at radius 3 is 2.38 bits per heavy atom. The van der Waals surface area contributed by atoms with Gasteiger partial charge in [-0.3, -0.25) is 4.79 Å². The number of alkyl halides is 3. The van der Waals surface area contributed by atoms with Crippen LogP contribution in [0.4, 0.5) is 18.9 Å². The summed E-state index contributed by atoms with van der Waals surface area (Å²) in [4.78, 5) is 10.7. The summed E-state index contributed by atoms with van der Waals surface area (Å²) in [6, 6.07) is 7.05. The first-order valence-electron chi connectivity index (χ1n) is 8.64. The number of hydrogen-bond donors (Lipinski definition) is 3. The van der Waals surface area contributed by atoms with Crippen molar-refractivity contribution in [1.29, 1.82) is 0 Å². The molecule has 0 fully saturated rings. The largest absolute Gasteiger partial charge is 0.471 e. The second-order valence-electron chi connectivity index (χ2n) is 6.04. The number of anilines is 1. The van der Waals surface area contributed by atoms with Gasteiger partial charge in [0, 0.05) is 24.3 Å². The van der Waals surface area contributed by atoms with Crippen LogP contribution in [0.3, 0.4) is 0 Å². The molecule has 0 saturated carbocycles. The van der Waals surface area contributed by atoms with E-state index in [0.29, 0.717) is 24.1 Å². The first-order chi connectivity index (χ1) is 12.2. The van der Waals surface area contributed by atoms with Crippen LogP contribution in [0.1, 0.15) is 45.1 Å². The van der Waals surface area contributed by atoms with Gasteiger partial charge in [0.25, 0.3) is 0 Å². The van der Waals surface area contributed by atoms with Gasteiger partial charge in [0.1, 0.15) is 5.60 Å². The molecule has 7 heteroatoms. The van der Waals surface area contributed by atoms with Gasteiger partial charge in [0.05, 0.1) is 0 Å². The summed E-state index contributed by atoms with van der Waals surface area (Å²) in [5, 5.41) is 15.2. The van der Waals surface area contributed by atoms with Gasteiger partial charge in [0.2, 0.25) is 0 Å². The van der Waals surface area contributed by atoms with Crippen LogP contribution in [0.2, 0.25) is 0 Å². The Labute approximate surface area is 152 Å². The van der Waals surface area contributed by atoms with Crippen molar-refractivity contribution in [3.05, 3.63) is 29.8 Å². The fraction of sp³-hybridized carbons (Fsp3) is 0.526. The van der Waals surface area contributed by atoms with Crippen LogP contribution in [0.25, 0.3) is 0 Å². The lowest BCUT2D eigenvalue weighted by Gasteiger charge is -2.20. The van der Waals surface area contributed by atoms with Crippen LogP contribution >= 0.6 is 0 Å². The van der Waals surface area contributed by atoms with E-state index in [2.05, 4.69) is 17.2 Å². The Morgan fingerprint density at radius 2 is 1.81 bits per heavy atom. The number of nitrogens with one attached hydrogen (secondary N) is 2. The first-order valence-corrected chi connectivity index (χ1v) is 8.64. The normalized spacial score (nSPS) is 11.5. The molecule has 1 rings (SSSR count). The van der Waals surface area contributed by atoms with E-state index in [1.807, 2.05) is 13.8 Å². The molecule has 1 amide bonds. The van der Waals surface area contributed by atoms with Gasteiger partial charge < -0.3 is 15.7 Å². The molecule has 0 bridgehead atoms. The molecule has 4 nitrogen and oxygen atoms in total. The molecule has 0 aromatic heterocycles. The molecule has 144 valence electrons. The van der Waals surface area contributed by atoms with E-state index < -0.39 is 17.7 Å². The Morgan fingerprint density at radius 1 is 1.15 bits per heavy atom. The standard InChI is InChI=1S/C19H25F3N2O2/c1-3-9-18(26,10-4-2)11-8-15-6-5-7-16(14-15)23-12-13-24-17(25)19(20,21)22/h5-7,14,23,26H,3-4,9-10,12-13H2,1-2H3,(H,24,25). The number of carbonyl (C=O) groups is 1. The molecule has 0 unspecified atom stereocenters. The van der Waals surface area contributed by atoms with E-state index >= 15 is 0 Å². The molecular formula is C19H25F3N2O2. The summed E-state index contributed by atoms with van der Waals surface area (Å²) in [7, 11) is 0. The topological polar surface area (TPSA) is 61.4 Å². The van der Waals surface area contributed by atoms with Gasteiger partial charge >= 0.3 is 12.1 Å². The van der Waals surface area contributed by atoms with Gasteiger partial charge in [0.15, 0.2) is 0 Å². The lowest BCUT2D eigenvalue weighted by molar-refractivity contribution is -0.173. The van der Waals surface area contributed by atoms with Crippen molar-refractivity contribution >= 4 is 11.6 Å². The summed E-state index contributed by atoms with van der Waals surface area (Å²) in [6.45, 7) is 3.98. The number of halogens is 3. The number of amides is 1. The highest BCUT2D eigenvalue weighted by Crippen LogP contribution is 2.19. The number of carbonyl (C=O) groups excluding carboxylic acids is 1. The molecule has 0 radical (unpaired) electrons. The summed E-state index contributed by atoms with van der Waals surface area (Å²) in [5.41, 5.74) is 0.363. The summed E-state index contributed by atoms with van der Waals surface area (Å²) < 4.78 is 36.2. The highest BCUT2D eigenvalue weighted by molar-refractivity contribution is 5.81. The predicted octanol–water partition coefficient (Wildman–Crippen LogP) is 3.46. The van der Waals surface area contributed by atoms with Gasteiger partial charge in [-0.25, -0.2) is 0 Å². The second-order valence-corrected chi connectivity index (χ2v) is 6.04. The molecule has 1 aromatic carbocycles. The molecule has 0 saturated heterocycles. The van der Waals surface area contributed by atoms with Crippen molar-refractivity contribution in [3.63, 3.8) is 0 Å². The van der Waals surface area contributed by atoms with Crippen molar-refractivity contribution in [2.24, 2.45) is 0 Å². The van der Waals surface area contributed by atoms with Gasteiger partial charge in [-0.1, -0.05) is 44.6 Å². The maximum Gasteiger partial charge on any atom is 0.471 e. The number of hydrogen-bond acceptors (Lipinski definition) is 3. The number of aliphatic hydroxyl groups is 1. The van der Waals surface area contributed by atoms with Crippen LogP contribution in [0.5, 0.6) is 0 Å². The van der Waals surface area contributed by atoms with Crippen LogP contribution in [-0.4, -0.2) is 35.9 Å². The minimum atomic E-state index is -4.87. The third kappa shape index (κ3) is 7.79. The average molecular weight is 370 g/mol. The SMILES string of the molecule is CCCC(O)(C#Cc1cccc(NCCNC(=O)C(F)(F)F)c1)CCC. The molecule has 0 spiro atoms. The molecular weight excluding hydrogens is 345 g/mol. The number of benzene rings is 1. The monoisotopic (exact) mass is 370 g/mol. The highest BCUT2D eigenvalue weighted by atomic mass is 19.4. The lowest BCUT2D eigenvalue weighted by Crippen LogP contribution is -2.39. The van der Waals surface area contributed by atoms with Gasteiger partial charge in [-0.15, -0.1) is 0 Å². The summed E-state index contributed by atoms with van der Waals surface area (Å²) >= 11 is 0. The Kier molecular flexibility index (Phi) is 8.46. The molecule has 0 atom stereocenters. The third-order valence-corrected chi connectivity index (χ3v) is 3.63. The zero-order chi connectivity index (χ0) is 19.6. The number of rotatable bonds is 8. The lowest BCUT2D eigenvalue weighted by atomic mass is 9.93. The summed E-state index contributed by atoms with van der Waals surface area (Å²) in [6.07, 6.45) is -2.01. The van der Waals surface area contributed by atoms with E-state index in [1.165, 1.54) is 0 Å². The zero-order valence-electron chi connectivity index (χ0n) is 15.0.